The number of sulfone groups is 1. The van der Waals surface area contributed by atoms with Crippen molar-refractivity contribution in [1.29, 1.82) is 5.26 Å². The molecule has 1 aromatic rings. The third kappa shape index (κ3) is 4.01. The van der Waals surface area contributed by atoms with Gasteiger partial charge in [-0.15, -0.1) is 0 Å². The number of hydrogen-bond acceptors (Lipinski definition) is 8. The maximum atomic E-state index is 12.3. The van der Waals surface area contributed by atoms with Gasteiger partial charge in [0.2, 0.25) is 0 Å². The summed E-state index contributed by atoms with van der Waals surface area (Å²) in [6.07, 6.45) is 7.81. The van der Waals surface area contributed by atoms with Crippen LogP contribution in [0.3, 0.4) is 0 Å². The molecule has 0 N–H and O–H groups in total. The quantitative estimate of drug-likeness (QED) is 0.668. The van der Waals surface area contributed by atoms with Crippen molar-refractivity contribution in [3.8, 4) is 6.07 Å². The van der Waals surface area contributed by atoms with E-state index >= 15 is 0 Å². The number of carbonyl (C=O) groups is 1. The molecule has 0 spiro atoms. The number of aromatic nitrogens is 2. The predicted molar refractivity (Wildman–Crippen MR) is 111 cm³/mol. The number of methoxy groups -OCH3 is 1. The van der Waals surface area contributed by atoms with E-state index in [0.717, 1.165) is 31.5 Å². The Balaban J connectivity index is 1.40. The summed E-state index contributed by atoms with van der Waals surface area (Å²) in [5.74, 6) is 1.22. The highest BCUT2D eigenvalue weighted by atomic mass is 32.2. The number of nitriles is 1. The average molecular weight is 449 g/mol. The summed E-state index contributed by atoms with van der Waals surface area (Å²) in [4.78, 5) is 22.6. The number of rotatable bonds is 5. The highest BCUT2D eigenvalue weighted by Crippen LogP contribution is 2.61. The van der Waals surface area contributed by atoms with Gasteiger partial charge in [-0.3, -0.25) is 4.90 Å². The second kappa shape index (κ2) is 8.02. The lowest BCUT2D eigenvalue weighted by atomic mass is 9.86. The van der Waals surface area contributed by atoms with E-state index in [1.54, 1.807) is 12.4 Å². The van der Waals surface area contributed by atoms with E-state index in [4.69, 9.17) is 14.7 Å². The van der Waals surface area contributed by atoms with Crippen molar-refractivity contribution in [3.63, 3.8) is 0 Å². The first kappa shape index (κ1) is 22.0. The van der Waals surface area contributed by atoms with Gasteiger partial charge < -0.3 is 9.47 Å². The van der Waals surface area contributed by atoms with E-state index in [2.05, 4.69) is 9.97 Å². The summed E-state index contributed by atoms with van der Waals surface area (Å²) in [5, 5.41) is 8.28. The summed E-state index contributed by atoms with van der Waals surface area (Å²) in [5.41, 5.74) is 0.430. The molecule has 2 aliphatic carbocycles. The molecule has 2 saturated carbocycles. The first-order valence-electron chi connectivity index (χ1n) is 10.6. The highest BCUT2D eigenvalue weighted by molar-refractivity contribution is 7.91. The Hall–Kier alpha value is -2.25. The minimum absolute atomic E-state index is 0.00891. The summed E-state index contributed by atoms with van der Waals surface area (Å²) in [6, 6.07) is 1.27. The van der Waals surface area contributed by atoms with Crippen LogP contribution in [-0.2, 0) is 24.7 Å². The number of nitrogens with zero attached hydrogens (tertiary/aromatic N) is 4. The average Bonchev–Trinajstić information content (AvgIpc) is 3.39. The summed E-state index contributed by atoms with van der Waals surface area (Å²) < 4.78 is 35.7. The van der Waals surface area contributed by atoms with Crippen LogP contribution < -0.4 is 0 Å². The van der Waals surface area contributed by atoms with E-state index in [-0.39, 0.29) is 24.2 Å². The van der Waals surface area contributed by atoms with E-state index in [0.29, 0.717) is 17.9 Å². The molecule has 3 fully saturated rings. The summed E-state index contributed by atoms with van der Waals surface area (Å²) >= 11 is 0. The highest BCUT2D eigenvalue weighted by Gasteiger charge is 2.60. The zero-order valence-corrected chi connectivity index (χ0v) is 18.8. The van der Waals surface area contributed by atoms with Gasteiger partial charge in [-0.05, 0) is 44.9 Å². The normalized spacial score (nSPS) is 34.6. The molecule has 6 atom stereocenters. The summed E-state index contributed by atoms with van der Waals surface area (Å²) in [7, 11) is -2.03. The number of fused-ring (bicyclic) bond motifs is 1. The number of likely N-dealkylation sites (tertiary alicyclic amines) is 1. The van der Waals surface area contributed by atoms with Gasteiger partial charge in [0.15, 0.2) is 9.84 Å². The molecule has 168 valence electrons. The van der Waals surface area contributed by atoms with E-state index in [1.165, 1.54) is 18.3 Å². The Morgan fingerprint density at radius 3 is 2.65 bits per heavy atom. The van der Waals surface area contributed by atoms with Gasteiger partial charge in [0.05, 0.1) is 36.7 Å². The molecule has 10 heteroatoms. The fraction of sp³-hybridized carbons (Fsp3) is 0.714. The third-order valence-electron chi connectivity index (χ3n) is 7.19. The van der Waals surface area contributed by atoms with Crippen LogP contribution in [0.1, 0.15) is 50.4 Å². The van der Waals surface area contributed by atoms with Gasteiger partial charge >= 0.3 is 6.09 Å². The Kier molecular flexibility index (Phi) is 5.68. The van der Waals surface area contributed by atoms with Crippen LogP contribution in [0.4, 0.5) is 4.79 Å². The molecule has 0 radical (unpaired) electrons. The molecule has 31 heavy (non-hydrogen) atoms. The SMILES string of the molecule is COC(=O)N1[C@H](C)C[C@H](S(C)(=O)=O)[C@H]1COC1CCC2(c3ncc(C#N)cn3)CC2C1. The second-order valence-corrected chi connectivity index (χ2v) is 11.4. The lowest BCUT2D eigenvalue weighted by Crippen LogP contribution is -2.47. The minimum atomic E-state index is -3.34. The zero-order valence-electron chi connectivity index (χ0n) is 18.0. The number of ether oxygens (including phenoxy) is 2. The fourth-order valence-corrected chi connectivity index (χ4v) is 6.85. The third-order valence-corrected chi connectivity index (χ3v) is 8.80. The standard InChI is InChI=1S/C21H28N4O5S/c1-13-6-18(31(3,27)28)17(25(13)20(26)29-2)12-30-16-4-5-21(8-15(21)7-16)19-23-10-14(9-22)11-24-19/h10-11,13,15-18H,4-8,12H2,1-3H3/t13-,15?,16?,17-,18+,21?/m1/s1. The Bertz CT molecular complexity index is 992. The first-order valence-corrected chi connectivity index (χ1v) is 12.5. The molecular weight excluding hydrogens is 420 g/mol. The van der Waals surface area contributed by atoms with Crippen molar-refractivity contribution in [1.82, 2.24) is 14.9 Å². The fourth-order valence-electron chi connectivity index (χ4n) is 5.45. The largest absolute Gasteiger partial charge is 0.453 e. The van der Waals surface area contributed by atoms with Gasteiger partial charge in [-0.2, -0.15) is 5.26 Å². The van der Waals surface area contributed by atoms with Gasteiger partial charge in [0.1, 0.15) is 11.9 Å². The zero-order chi connectivity index (χ0) is 22.4. The molecule has 2 heterocycles. The van der Waals surface area contributed by atoms with Gasteiger partial charge in [-0.25, -0.2) is 23.2 Å². The maximum absolute atomic E-state index is 12.3. The maximum Gasteiger partial charge on any atom is 0.410 e. The van der Waals surface area contributed by atoms with Crippen molar-refractivity contribution >= 4 is 15.9 Å². The molecule has 0 bridgehead atoms. The van der Waals surface area contributed by atoms with Crippen LogP contribution in [0.15, 0.2) is 12.4 Å². The molecule has 1 amide bonds. The smallest absolute Gasteiger partial charge is 0.410 e. The van der Waals surface area contributed by atoms with Crippen molar-refractivity contribution < 1.29 is 22.7 Å². The van der Waals surface area contributed by atoms with Crippen molar-refractivity contribution in [3.05, 3.63) is 23.8 Å². The molecule has 3 unspecified atom stereocenters. The van der Waals surface area contributed by atoms with Crippen molar-refractivity contribution in [2.45, 2.75) is 67.9 Å². The number of carbonyl (C=O) groups excluding carboxylic acids is 1. The van der Waals surface area contributed by atoms with Crippen LogP contribution in [-0.4, -0.2) is 72.8 Å². The lowest BCUT2D eigenvalue weighted by Gasteiger charge is -2.32. The van der Waals surface area contributed by atoms with Crippen LogP contribution in [0, 0.1) is 17.2 Å². The molecule has 1 aliphatic heterocycles. The van der Waals surface area contributed by atoms with E-state index < -0.39 is 27.2 Å². The molecule has 9 nitrogen and oxygen atoms in total. The van der Waals surface area contributed by atoms with Crippen LogP contribution in [0.25, 0.3) is 0 Å². The Morgan fingerprint density at radius 1 is 1.35 bits per heavy atom. The molecule has 1 saturated heterocycles. The Morgan fingerprint density at radius 2 is 2.06 bits per heavy atom. The van der Waals surface area contributed by atoms with Gasteiger partial charge in [0, 0.05) is 30.1 Å². The number of amides is 1. The van der Waals surface area contributed by atoms with Crippen LogP contribution in [0.5, 0.6) is 0 Å². The first-order chi connectivity index (χ1) is 14.7. The Labute approximate surface area is 182 Å². The van der Waals surface area contributed by atoms with E-state index in [1.807, 2.05) is 13.0 Å². The van der Waals surface area contributed by atoms with Crippen molar-refractivity contribution in [2.75, 3.05) is 20.0 Å². The second-order valence-electron chi connectivity index (χ2n) is 9.09. The molecular formula is C21H28N4O5S. The molecule has 4 rings (SSSR count). The minimum Gasteiger partial charge on any atom is -0.453 e. The van der Waals surface area contributed by atoms with Gasteiger partial charge in [0.25, 0.3) is 0 Å². The van der Waals surface area contributed by atoms with Crippen molar-refractivity contribution in [2.24, 2.45) is 5.92 Å². The summed E-state index contributed by atoms with van der Waals surface area (Å²) in [6.45, 7) is 2.01. The topological polar surface area (TPSA) is 122 Å². The predicted octanol–water partition coefficient (Wildman–Crippen LogP) is 1.82. The monoisotopic (exact) mass is 448 g/mol. The number of hydrogen-bond donors (Lipinski definition) is 0. The molecule has 0 aromatic carbocycles. The molecule has 3 aliphatic rings. The van der Waals surface area contributed by atoms with Gasteiger partial charge in [-0.1, -0.05) is 0 Å². The molecule has 1 aromatic heterocycles. The van der Waals surface area contributed by atoms with Crippen LogP contribution in [0.2, 0.25) is 0 Å². The van der Waals surface area contributed by atoms with E-state index in [9.17, 15) is 13.2 Å². The van der Waals surface area contributed by atoms with Crippen LogP contribution >= 0.6 is 0 Å². The lowest BCUT2D eigenvalue weighted by molar-refractivity contribution is -0.00702.